The van der Waals surface area contributed by atoms with Crippen molar-refractivity contribution in [2.75, 3.05) is 24.6 Å². The van der Waals surface area contributed by atoms with E-state index in [0.29, 0.717) is 50.5 Å². The Morgan fingerprint density at radius 2 is 1.73 bits per heavy atom. The molecule has 6 rings (SSSR count). The predicted molar refractivity (Wildman–Crippen MR) is 180 cm³/mol. The first-order chi connectivity index (χ1) is 22.5. The summed E-state index contributed by atoms with van der Waals surface area (Å²) in [4.78, 5) is 25.3. The van der Waals surface area contributed by atoms with Gasteiger partial charge in [0.1, 0.15) is 28.7 Å². The van der Waals surface area contributed by atoms with Gasteiger partial charge in [0.05, 0.1) is 30.0 Å². The molecule has 3 aliphatic heterocycles. The van der Waals surface area contributed by atoms with Gasteiger partial charge in [-0.2, -0.15) is 0 Å². The standard InChI is InChI=1S/C36H45F3N4O4Si/c1-21-19-42(20-28-32(21)47-48(8,36(5,6)7)43(28)34(44)46-35(2,3)4)31-22(18-40-33-24(31)16-17-45-33)12-13-23-14-15-27(39)30(41-23)29-25(37)10-9-11-26(29)38/h9-11,14-15,18,21,28,32H,12-13,16-17,19-20H2,1-8H3/t21-,28+,32+,48?/m0/s1. The van der Waals surface area contributed by atoms with Crippen molar-refractivity contribution in [3.8, 4) is 17.1 Å². The molecule has 4 atom stereocenters. The summed E-state index contributed by atoms with van der Waals surface area (Å²) in [7, 11) is -2.82. The van der Waals surface area contributed by atoms with Crippen molar-refractivity contribution < 1.29 is 31.9 Å². The lowest BCUT2D eigenvalue weighted by atomic mass is 9.90. The largest absolute Gasteiger partial charge is 0.477 e. The van der Waals surface area contributed by atoms with Crippen molar-refractivity contribution in [3.05, 3.63) is 70.8 Å². The molecule has 0 bridgehead atoms. The van der Waals surface area contributed by atoms with E-state index in [0.717, 1.165) is 28.9 Å². The molecule has 1 aromatic carbocycles. The number of anilines is 1. The van der Waals surface area contributed by atoms with Gasteiger partial charge in [-0.15, -0.1) is 0 Å². The molecule has 2 saturated heterocycles. The van der Waals surface area contributed by atoms with Crippen molar-refractivity contribution in [2.45, 2.75) is 97.1 Å². The normalized spacial score (nSPS) is 23.9. The van der Waals surface area contributed by atoms with Crippen molar-refractivity contribution in [3.63, 3.8) is 0 Å². The number of benzene rings is 1. The Bertz CT molecular complexity index is 1710. The van der Waals surface area contributed by atoms with Crippen LogP contribution in [0.25, 0.3) is 11.3 Å². The van der Waals surface area contributed by atoms with E-state index in [9.17, 15) is 18.0 Å². The van der Waals surface area contributed by atoms with E-state index in [4.69, 9.17) is 13.9 Å². The monoisotopic (exact) mass is 682 g/mol. The molecular weight excluding hydrogens is 638 g/mol. The van der Waals surface area contributed by atoms with Crippen molar-refractivity contribution >= 4 is 20.3 Å². The molecule has 1 amide bonds. The molecule has 5 heterocycles. The van der Waals surface area contributed by atoms with Gasteiger partial charge in [-0.05, 0) is 75.0 Å². The number of amides is 1. The summed E-state index contributed by atoms with van der Waals surface area (Å²) in [6.07, 6.45) is 2.89. The summed E-state index contributed by atoms with van der Waals surface area (Å²) in [5.41, 5.74) is 1.98. The zero-order chi connectivity index (χ0) is 34.8. The number of fused-ring (bicyclic) bond motifs is 2. The third-order valence-electron chi connectivity index (χ3n) is 9.84. The lowest BCUT2D eigenvalue weighted by molar-refractivity contribution is 0.0292. The maximum atomic E-state index is 14.8. The van der Waals surface area contributed by atoms with E-state index < -0.39 is 37.1 Å². The summed E-state index contributed by atoms with van der Waals surface area (Å²) in [5, 5.41) is -0.269. The molecule has 0 radical (unpaired) electrons. The smallest absolute Gasteiger partial charge is 0.404 e. The summed E-state index contributed by atoms with van der Waals surface area (Å²) in [5.74, 6) is -1.84. The molecule has 12 heteroatoms. The molecule has 0 saturated carbocycles. The highest BCUT2D eigenvalue weighted by Gasteiger charge is 2.63. The fourth-order valence-corrected chi connectivity index (χ4v) is 10.5. The summed E-state index contributed by atoms with van der Waals surface area (Å²) in [6, 6.07) is 5.94. The Morgan fingerprint density at radius 3 is 2.40 bits per heavy atom. The molecule has 1 unspecified atom stereocenters. The number of hydrogen-bond acceptors (Lipinski definition) is 7. The highest BCUT2D eigenvalue weighted by Crippen LogP contribution is 2.50. The fourth-order valence-electron chi connectivity index (χ4n) is 7.17. The van der Waals surface area contributed by atoms with Gasteiger partial charge in [-0.3, -0.25) is 0 Å². The minimum absolute atomic E-state index is 0.0985. The lowest BCUT2D eigenvalue weighted by Crippen LogP contribution is -2.62. The van der Waals surface area contributed by atoms with E-state index in [2.05, 4.69) is 49.1 Å². The molecule has 258 valence electrons. The van der Waals surface area contributed by atoms with Gasteiger partial charge < -0.3 is 23.4 Å². The molecule has 3 aromatic rings. The second kappa shape index (κ2) is 12.4. The van der Waals surface area contributed by atoms with Gasteiger partial charge in [0.15, 0.2) is 0 Å². The number of pyridine rings is 2. The van der Waals surface area contributed by atoms with Crippen molar-refractivity contribution in [2.24, 2.45) is 5.92 Å². The van der Waals surface area contributed by atoms with Crippen LogP contribution >= 0.6 is 0 Å². The van der Waals surface area contributed by atoms with Crippen LogP contribution in [-0.2, 0) is 28.4 Å². The summed E-state index contributed by atoms with van der Waals surface area (Å²) in [6.45, 7) is 18.1. The zero-order valence-corrected chi connectivity index (χ0v) is 30.0. The van der Waals surface area contributed by atoms with Gasteiger partial charge in [-0.1, -0.05) is 33.8 Å². The number of carbonyl (C=O) groups is 1. The highest BCUT2D eigenvalue weighted by molar-refractivity contribution is 6.75. The molecule has 0 aliphatic carbocycles. The lowest BCUT2D eigenvalue weighted by Gasteiger charge is -2.45. The van der Waals surface area contributed by atoms with Crippen LogP contribution in [0, 0.1) is 23.4 Å². The van der Waals surface area contributed by atoms with E-state index in [-0.39, 0.29) is 34.9 Å². The second-order valence-electron chi connectivity index (χ2n) is 15.4. The van der Waals surface area contributed by atoms with Crippen molar-refractivity contribution in [1.29, 1.82) is 0 Å². The number of aryl methyl sites for hydroxylation is 2. The zero-order valence-electron chi connectivity index (χ0n) is 29.0. The summed E-state index contributed by atoms with van der Waals surface area (Å²) < 4.78 is 64.8. The van der Waals surface area contributed by atoms with E-state index in [1.54, 1.807) is 6.07 Å². The Kier molecular flexibility index (Phi) is 8.81. The molecule has 3 aliphatic rings. The maximum absolute atomic E-state index is 14.8. The van der Waals surface area contributed by atoms with Crippen LogP contribution in [0.4, 0.5) is 23.7 Å². The molecule has 0 N–H and O–H groups in total. The topological polar surface area (TPSA) is 77.0 Å². The van der Waals surface area contributed by atoms with Crippen LogP contribution in [0.3, 0.4) is 0 Å². The van der Waals surface area contributed by atoms with Gasteiger partial charge in [0.2, 0.25) is 5.88 Å². The third kappa shape index (κ3) is 6.17. The SMILES string of the molecule is C[C@H]1CN(c2c(CCc3ccc(F)c(-c4c(F)cccc4F)n3)cnc3c2CCO3)C[C@@H]2[C@@H]1O[Si](C)(C(C)(C)C)N2C(=O)OC(C)(C)C. The van der Waals surface area contributed by atoms with Crippen LogP contribution in [0.15, 0.2) is 36.5 Å². The number of aromatic nitrogens is 2. The first kappa shape index (κ1) is 34.2. The van der Waals surface area contributed by atoms with Gasteiger partial charge in [0, 0.05) is 42.9 Å². The quantitative estimate of drug-likeness (QED) is 0.257. The van der Waals surface area contributed by atoms with Gasteiger partial charge in [0.25, 0.3) is 0 Å². The predicted octanol–water partition coefficient (Wildman–Crippen LogP) is 7.61. The number of piperidine rings is 1. The van der Waals surface area contributed by atoms with Crippen LogP contribution in [-0.4, -0.2) is 66.5 Å². The minimum atomic E-state index is -2.82. The molecule has 48 heavy (non-hydrogen) atoms. The number of nitrogens with zero attached hydrogens (tertiary/aromatic N) is 4. The average Bonchev–Trinajstić information content (AvgIpc) is 3.58. The first-order valence-electron chi connectivity index (χ1n) is 16.7. The van der Waals surface area contributed by atoms with Gasteiger partial charge >= 0.3 is 14.6 Å². The number of hydrogen-bond donors (Lipinski definition) is 0. The Morgan fingerprint density at radius 1 is 1.02 bits per heavy atom. The molecule has 8 nitrogen and oxygen atoms in total. The summed E-state index contributed by atoms with van der Waals surface area (Å²) >= 11 is 0. The average molecular weight is 683 g/mol. The fraction of sp³-hybridized carbons (Fsp3) is 0.528. The maximum Gasteiger partial charge on any atom is 0.404 e. The number of rotatable bonds is 5. The number of carbonyl (C=O) groups excluding carboxylic acids is 1. The van der Waals surface area contributed by atoms with E-state index in [1.807, 2.05) is 31.5 Å². The Hall–Kier alpha value is -3.64. The minimum Gasteiger partial charge on any atom is -0.477 e. The van der Waals surface area contributed by atoms with Crippen molar-refractivity contribution in [1.82, 2.24) is 14.5 Å². The molecule has 0 spiro atoms. The number of halogens is 3. The Balaban J connectivity index is 1.34. The van der Waals surface area contributed by atoms with E-state index in [1.165, 1.54) is 12.1 Å². The van der Waals surface area contributed by atoms with Crippen LogP contribution in [0.2, 0.25) is 11.6 Å². The molecule has 2 aromatic heterocycles. The number of ether oxygens (including phenoxy) is 2. The van der Waals surface area contributed by atoms with E-state index >= 15 is 0 Å². The third-order valence-corrected chi connectivity index (χ3v) is 14.8. The first-order valence-corrected chi connectivity index (χ1v) is 19.0. The van der Waals surface area contributed by atoms with Crippen LogP contribution < -0.4 is 9.64 Å². The second-order valence-corrected chi connectivity index (χ2v) is 19.5. The van der Waals surface area contributed by atoms with Crippen LogP contribution in [0.1, 0.15) is 65.3 Å². The Labute approximate surface area is 281 Å². The highest BCUT2D eigenvalue weighted by atomic mass is 28.4. The van der Waals surface area contributed by atoms with Gasteiger partial charge in [-0.25, -0.2) is 27.9 Å². The molecular formula is C36H45F3N4O4Si. The molecule has 2 fully saturated rings. The van der Waals surface area contributed by atoms with Crippen LogP contribution in [0.5, 0.6) is 5.88 Å².